The number of amides is 2. The smallest absolute Gasteiger partial charge is 0.318 e. The van der Waals surface area contributed by atoms with Crippen LogP contribution >= 0.6 is 0 Å². The Hall–Kier alpha value is -3.09. The van der Waals surface area contributed by atoms with Crippen molar-refractivity contribution >= 4 is 6.03 Å². The average molecular weight is 378 g/mol. The minimum atomic E-state index is -0.0518. The Bertz CT molecular complexity index is 945. The fraction of sp³-hybridized carbons (Fsp3) is 0.381. The molecule has 1 aliphatic rings. The first-order chi connectivity index (χ1) is 13.6. The molecule has 28 heavy (non-hydrogen) atoms. The van der Waals surface area contributed by atoms with Gasteiger partial charge in [0.2, 0.25) is 0 Å². The van der Waals surface area contributed by atoms with Crippen molar-refractivity contribution in [3.8, 4) is 0 Å². The number of aryl methyl sites for hydroxylation is 3. The van der Waals surface area contributed by atoms with Gasteiger partial charge in [-0.05, 0) is 31.9 Å². The van der Waals surface area contributed by atoms with Crippen LogP contribution in [0.1, 0.15) is 35.2 Å². The van der Waals surface area contributed by atoms with E-state index in [4.69, 9.17) is 0 Å². The second-order valence-corrected chi connectivity index (χ2v) is 7.29. The van der Waals surface area contributed by atoms with E-state index in [9.17, 15) is 4.79 Å². The van der Waals surface area contributed by atoms with Crippen molar-refractivity contribution in [1.29, 1.82) is 0 Å². The molecule has 0 saturated carbocycles. The van der Waals surface area contributed by atoms with Crippen molar-refractivity contribution in [2.24, 2.45) is 0 Å². The molecular weight excluding hydrogens is 352 g/mol. The second kappa shape index (κ2) is 7.88. The van der Waals surface area contributed by atoms with Gasteiger partial charge >= 0.3 is 6.03 Å². The lowest BCUT2D eigenvalue weighted by Gasteiger charge is -2.30. The van der Waals surface area contributed by atoms with E-state index in [-0.39, 0.29) is 12.1 Å². The summed E-state index contributed by atoms with van der Waals surface area (Å²) in [6.45, 7) is 6.78. The molecular formula is C21H26N6O. The maximum absolute atomic E-state index is 13.0. The Morgan fingerprint density at radius 2 is 2.04 bits per heavy atom. The lowest BCUT2D eigenvalue weighted by Crippen LogP contribution is -2.45. The number of fused-ring (bicyclic) bond motifs is 1. The Morgan fingerprint density at radius 3 is 2.79 bits per heavy atom. The van der Waals surface area contributed by atoms with Crippen LogP contribution in [0.4, 0.5) is 4.79 Å². The van der Waals surface area contributed by atoms with Crippen molar-refractivity contribution in [2.75, 3.05) is 6.54 Å². The molecule has 4 rings (SSSR count). The molecule has 2 aromatic heterocycles. The number of rotatable bonds is 5. The maximum Gasteiger partial charge on any atom is 0.318 e. The molecule has 7 heteroatoms. The van der Waals surface area contributed by atoms with Gasteiger partial charge in [-0.1, -0.05) is 30.3 Å². The van der Waals surface area contributed by atoms with E-state index < -0.39 is 0 Å². The molecule has 0 spiro atoms. The van der Waals surface area contributed by atoms with Gasteiger partial charge in [-0.3, -0.25) is 4.68 Å². The van der Waals surface area contributed by atoms with Crippen molar-refractivity contribution in [3.63, 3.8) is 0 Å². The van der Waals surface area contributed by atoms with Gasteiger partial charge in [0.15, 0.2) is 0 Å². The van der Waals surface area contributed by atoms with Crippen molar-refractivity contribution in [3.05, 3.63) is 71.6 Å². The number of carbonyl (C=O) groups excluding carboxylic acids is 1. The Morgan fingerprint density at radius 1 is 1.21 bits per heavy atom. The van der Waals surface area contributed by atoms with Gasteiger partial charge in [-0.25, -0.2) is 9.78 Å². The van der Waals surface area contributed by atoms with E-state index >= 15 is 0 Å². The second-order valence-electron chi connectivity index (χ2n) is 7.29. The van der Waals surface area contributed by atoms with Crippen molar-refractivity contribution < 1.29 is 4.79 Å². The molecule has 0 aliphatic carbocycles. The van der Waals surface area contributed by atoms with Gasteiger partial charge in [-0.2, -0.15) is 5.10 Å². The summed E-state index contributed by atoms with van der Waals surface area (Å²) in [5.74, 6) is 0.984. The first kappa shape index (κ1) is 18.3. The van der Waals surface area contributed by atoms with Gasteiger partial charge in [-0.15, -0.1) is 0 Å². The molecule has 1 atom stereocenters. The number of carbonyl (C=O) groups is 1. The summed E-state index contributed by atoms with van der Waals surface area (Å²) < 4.78 is 4.11. The van der Waals surface area contributed by atoms with Gasteiger partial charge < -0.3 is 14.8 Å². The maximum atomic E-state index is 13.0. The topological polar surface area (TPSA) is 68.0 Å². The van der Waals surface area contributed by atoms with E-state index in [0.29, 0.717) is 13.1 Å². The quantitative estimate of drug-likeness (QED) is 0.742. The Kier molecular flexibility index (Phi) is 5.14. The first-order valence-corrected chi connectivity index (χ1v) is 9.71. The third kappa shape index (κ3) is 3.93. The van der Waals surface area contributed by atoms with Crippen LogP contribution in [0.2, 0.25) is 0 Å². The Labute approximate surface area is 165 Å². The average Bonchev–Trinajstić information content (AvgIpc) is 3.29. The molecule has 1 aromatic carbocycles. The van der Waals surface area contributed by atoms with E-state index in [1.54, 1.807) is 0 Å². The summed E-state index contributed by atoms with van der Waals surface area (Å²) in [7, 11) is 0. The summed E-state index contributed by atoms with van der Waals surface area (Å²) in [6.07, 6.45) is 4.59. The number of hydrogen-bond acceptors (Lipinski definition) is 3. The SMILES string of the molecule is Cc1cc2n(n1)CCN(C(=O)N[C@H](CCn1ccnc1C)c1ccccc1)C2. The highest BCUT2D eigenvalue weighted by Crippen LogP contribution is 2.20. The minimum absolute atomic E-state index is 0.0266. The molecule has 1 aliphatic heterocycles. The highest BCUT2D eigenvalue weighted by molar-refractivity contribution is 5.74. The lowest BCUT2D eigenvalue weighted by atomic mass is 10.0. The van der Waals surface area contributed by atoms with Crippen molar-refractivity contribution in [1.82, 2.24) is 29.5 Å². The lowest BCUT2D eigenvalue weighted by molar-refractivity contribution is 0.176. The Balaban J connectivity index is 1.46. The molecule has 0 fully saturated rings. The third-order valence-corrected chi connectivity index (χ3v) is 5.29. The zero-order valence-electron chi connectivity index (χ0n) is 16.4. The zero-order chi connectivity index (χ0) is 19.5. The summed E-state index contributed by atoms with van der Waals surface area (Å²) in [6, 6.07) is 12.1. The fourth-order valence-electron chi connectivity index (χ4n) is 3.74. The van der Waals surface area contributed by atoms with Crippen LogP contribution in [0, 0.1) is 13.8 Å². The van der Waals surface area contributed by atoms with Gasteiger partial charge in [0.25, 0.3) is 0 Å². The van der Waals surface area contributed by atoms with Crippen molar-refractivity contribution in [2.45, 2.75) is 45.9 Å². The number of benzene rings is 1. The summed E-state index contributed by atoms with van der Waals surface area (Å²) in [5, 5.41) is 7.72. The molecule has 3 aromatic rings. The van der Waals surface area contributed by atoms with E-state index in [0.717, 1.165) is 42.3 Å². The fourth-order valence-corrected chi connectivity index (χ4v) is 3.74. The van der Waals surface area contributed by atoms with Crippen LogP contribution in [0.25, 0.3) is 0 Å². The highest BCUT2D eigenvalue weighted by atomic mass is 16.2. The standard InChI is InChI=1S/C21H26N6O/c1-16-14-19-15-26(12-13-27(19)24-16)21(28)23-20(18-6-4-3-5-7-18)8-10-25-11-9-22-17(25)2/h3-7,9,11,14,20H,8,10,12-13,15H2,1-2H3,(H,23,28)/t20-/m1/s1. The molecule has 0 saturated heterocycles. The monoisotopic (exact) mass is 378 g/mol. The molecule has 0 bridgehead atoms. The summed E-state index contributed by atoms with van der Waals surface area (Å²) in [5.41, 5.74) is 3.20. The van der Waals surface area contributed by atoms with Crippen LogP contribution in [0.3, 0.4) is 0 Å². The molecule has 7 nitrogen and oxygen atoms in total. The van der Waals surface area contributed by atoms with Gasteiger partial charge in [0.05, 0.1) is 30.5 Å². The van der Waals surface area contributed by atoms with Crippen LogP contribution < -0.4 is 5.32 Å². The van der Waals surface area contributed by atoms with E-state index in [1.165, 1.54) is 0 Å². The molecule has 0 radical (unpaired) electrons. The number of urea groups is 1. The predicted molar refractivity (Wildman–Crippen MR) is 107 cm³/mol. The van der Waals surface area contributed by atoms with Crippen LogP contribution in [0.15, 0.2) is 48.8 Å². The van der Waals surface area contributed by atoms with Crippen LogP contribution in [-0.2, 0) is 19.6 Å². The van der Waals surface area contributed by atoms with Gasteiger partial charge in [0.1, 0.15) is 5.82 Å². The molecule has 146 valence electrons. The largest absolute Gasteiger partial charge is 0.335 e. The van der Waals surface area contributed by atoms with E-state index in [2.05, 4.69) is 38.2 Å². The number of nitrogens with zero attached hydrogens (tertiary/aromatic N) is 5. The number of hydrogen-bond donors (Lipinski definition) is 1. The van der Waals surface area contributed by atoms with Gasteiger partial charge in [0, 0.05) is 25.5 Å². The third-order valence-electron chi connectivity index (χ3n) is 5.29. The summed E-state index contributed by atoms with van der Waals surface area (Å²) in [4.78, 5) is 19.1. The number of aromatic nitrogens is 4. The normalized spacial score (nSPS) is 14.6. The van der Waals surface area contributed by atoms with E-state index in [1.807, 2.05) is 54.0 Å². The highest BCUT2D eigenvalue weighted by Gasteiger charge is 2.24. The minimum Gasteiger partial charge on any atom is -0.335 e. The molecule has 0 unspecified atom stereocenters. The summed E-state index contributed by atoms with van der Waals surface area (Å²) >= 11 is 0. The van der Waals surface area contributed by atoms with Crippen LogP contribution in [0.5, 0.6) is 0 Å². The number of nitrogens with one attached hydrogen (secondary N) is 1. The molecule has 3 heterocycles. The first-order valence-electron chi connectivity index (χ1n) is 9.71. The van der Waals surface area contributed by atoms with Crippen LogP contribution in [-0.4, -0.2) is 36.8 Å². The molecule has 2 amide bonds. The molecule has 1 N–H and O–H groups in total. The zero-order valence-corrected chi connectivity index (χ0v) is 16.4. The number of imidazole rings is 1. The predicted octanol–water partition coefficient (Wildman–Crippen LogP) is 3.05.